The van der Waals surface area contributed by atoms with Crippen molar-refractivity contribution >= 4 is 43.1 Å². The van der Waals surface area contributed by atoms with E-state index in [0.29, 0.717) is 17.5 Å². The van der Waals surface area contributed by atoms with Crippen LogP contribution in [0.3, 0.4) is 0 Å². The predicted octanol–water partition coefficient (Wildman–Crippen LogP) is 12.9. The molecule has 0 aromatic heterocycles. The van der Waals surface area contributed by atoms with Crippen molar-refractivity contribution in [1.29, 1.82) is 0 Å². The Bertz CT molecular complexity index is 2470. The first-order valence-corrected chi connectivity index (χ1v) is 17.9. The maximum absolute atomic E-state index is 11.9. The van der Waals surface area contributed by atoms with Gasteiger partial charge in [-0.1, -0.05) is 130 Å². The Labute approximate surface area is 294 Å². The summed E-state index contributed by atoms with van der Waals surface area (Å²) in [7, 11) is 0. The van der Waals surface area contributed by atoms with E-state index in [4.69, 9.17) is 0 Å². The molecule has 0 amide bonds. The van der Waals surface area contributed by atoms with Crippen LogP contribution in [-0.2, 0) is 6.42 Å². The van der Waals surface area contributed by atoms with Crippen molar-refractivity contribution < 1.29 is 10.2 Å². The molecule has 0 aliphatic rings. The van der Waals surface area contributed by atoms with Gasteiger partial charge in [0.25, 0.3) is 0 Å². The van der Waals surface area contributed by atoms with Gasteiger partial charge < -0.3 is 10.2 Å². The Kier molecular flexibility index (Phi) is 8.04. The number of aryl methyl sites for hydroxylation is 2. The third-order valence-corrected chi connectivity index (χ3v) is 10.9. The van der Waals surface area contributed by atoms with E-state index in [1.54, 1.807) is 0 Å². The number of benzene rings is 8. The molecule has 8 aromatic rings. The van der Waals surface area contributed by atoms with Gasteiger partial charge in [-0.15, -0.1) is 0 Å². The Balaban J connectivity index is 1.34. The molecule has 0 bridgehead atoms. The van der Waals surface area contributed by atoms with E-state index in [2.05, 4.69) is 154 Å². The molecule has 0 heterocycles. The van der Waals surface area contributed by atoms with Crippen molar-refractivity contribution in [3.05, 3.63) is 167 Å². The Morgan fingerprint density at radius 1 is 0.500 bits per heavy atom. The molecule has 246 valence electrons. The maximum Gasteiger partial charge on any atom is 0.126 e. The maximum atomic E-state index is 11.9. The van der Waals surface area contributed by atoms with Gasteiger partial charge in [0.05, 0.1) is 0 Å². The van der Waals surface area contributed by atoms with Crippen LogP contribution in [0, 0.1) is 6.92 Å². The molecule has 0 saturated heterocycles. The second kappa shape index (κ2) is 12.7. The van der Waals surface area contributed by atoms with Crippen molar-refractivity contribution in [2.45, 2.75) is 52.4 Å². The zero-order valence-electron chi connectivity index (χ0n) is 29.2. The zero-order chi connectivity index (χ0) is 34.5. The minimum Gasteiger partial charge on any atom is -0.507 e. The molecule has 2 unspecified atom stereocenters. The number of hydrogen-bond donors (Lipinski definition) is 2. The van der Waals surface area contributed by atoms with Crippen LogP contribution in [0.1, 0.15) is 72.4 Å². The van der Waals surface area contributed by atoms with Crippen LogP contribution in [0.5, 0.6) is 11.5 Å². The highest BCUT2D eigenvalue weighted by molar-refractivity contribution is 6.04. The summed E-state index contributed by atoms with van der Waals surface area (Å²) in [5.74, 6) is 0.569. The van der Waals surface area contributed by atoms with E-state index in [1.807, 2.05) is 6.92 Å². The number of phenolic OH excluding ortho intramolecular Hbond substituents is 2. The summed E-state index contributed by atoms with van der Waals surface area (Å²) in [6, 6.07) is 47.6. The van der Waals surface area contributed by atoms with Crippen molar-refractivity contribution in [1.82, 2.24) is 0 Å². The lowest BCUT2D eigenvalue weighted by atomic mass is 9.80. The minimum atomic E-state index is 0.0328. The molecule has 0 fully saturated rings. The molecule has 8 aromatic carbocycles. The largest absolute Gasteiger partial charge is 0.507 e. The van der Waals surface area contributed by atoms with Crippen molar-refractivity contribution in [2.24, 2.45) is 0 Å². The van der Waals surface area contributed by atoms with Gasteiger partial charge in [0.2, 0.25) is 0 Å². The Morgan fingerprint density at radius 3 is 1.42 bits per heavy atom. The summed E-state index contributed by atoms with van der Waals surface area (Å²) in [5.41, 5.74) is 7.87. The quantitative estimate of drug-likeness (QED) is 0.169. The first kappa shape index (κ1) is 31.7. The summed E-state index contributed by atoms with van der Waals surface area (Å²) in [6.07, 6.45) is 1.57. The van der Waals surface area contributed by atoms with Crippen molar-refractivity contribution in [3.8, 4) is 22.6 Å². The zero-order valence-corrected chi connectivity index (χ0v) is 29.2. The number of rotatable bonds is 7. The first-order chi connectivity index (χ1) is 24.4. The molecule has 0 spiro atoms. The Hall–Kier alpha value is -5.60. The molecule has 2 heteroatoms. The van der Waals surface area contributed by atoms with Crippen LogP contribution in [-0.4, -0.2) is 10.2 Å². The fraction of sp³-hybridized carbons (Fsp3) is 0.167. The summed E-state index contributed by atoms with van der Waals surface area (Å²) >= 11 is 0. The molecule has 0 aliphatic carbocycles. The van der Waals surface area contributed by atoms with Gasteiger partial charge in [-0.25, -0.2) is 0 Å². The van der Waals surface area contributed by atoms with Crippen LogP contribution >= 0.6 is 0 Å². The monoisotopic (exact) mass is 650 g/mol. The topological polar surface area (TPSA) is 40.5 Å². The van der Waals surface area contributed by atoms with Gasteiger partial charge in [0.1, 0.15) is 11.5 Å². The predicted molar refractivity (Wildman–Crippen MR) is 212 cm³/mol. The molecule has 8 rings (SSSR count). The van der Waals surface area contributed by atoms with Crippen molar-refractivity contribution in [2.75, 3.05) is 0 Å². The van der Waals surface area contributed by atoms with E-state index in [9.17, 15) is 10.2 Å². The van der Waals surface area contributed by atoms with Crippen LogP contribution in [0.25, 0.3) is 54.2 Å². The summed E-state index contributed by atoms with van der Waals surface area (Å²) in [4.78, 5) is 0. The first-order valence-electron chi connectivity index (χ1n) is 17.9. The Morgan fingerprint density at radius 2 is 0.940 bits per heavy atom. The van der Waals surface area contributed by atoms with E-state index in [1.165, 1.54) is 54.2 Å². The molecular weight excluding hydrogens is 609 g/mol. The lowest BCUT2D eigenvalue weighted by Crippen LogP contribution is -2.05. The molecule has 0 radical (unpaired) electrons. The fourth-order valence-electron chi connectivity index (χ4n) is 8.37. The van der Waals surface area contributed by atoms with Crippen LogP contribution in [0.4, 0.5) is 0 Å². The highest BCUT2D eigenvalue weighted by atomic mass is 16.3. The van der Waals surface area contributed by atoms with Crippen LogP contribution in [0.2, 0.25) is 0 Å². The summed E-state index contributed by atoms with van der Waals surface area (Å²) in [6.45, 7) is 8.56. The average molecular weight is 651 g/mol. The average Bonchev–Trinajstić information content (AvgIpc) is 3.15. The molecule has 0 saturated carbocycles. The number of fused-ring (bicyclic) bond motifs is 4. The van der Waals surface area contributed by atoms with Gasteiger partial charge in [0.15, 0.2) is 0 Å². The number of hydrogen-bond acceptors (Lipinski definition) is 2. The molecule has 2 N–H and O–H groups in total. The van der Waals surface area contributed by atoms with Gasteiger partial charge in [0, 0.05) is 23.0 Å². The van der Waals surface area contributed by atoms with Gasteiger partial charge in [-0.2, -0.15) is 0 Å². The standard InChI is InChI=1S/C48H42O2/c1-5-31-24-37(38(6-2)46-41-21-13-9-17-34(41)26-35-18-10-14-22-42(35)46)28-44(48(31)50)43-27-36(23-29(3)47(43)49)30(4)45-39-19-11-7-15-32(39)25-33-16-8-12-20-40(33)45/h7-28,30,38,49-50H,5-6H2,1-4H3. The highest BCUT2D eigenvalue weighted by Gasteiger charge is 2.24. The smallest absolute Gasteiger partial charge is 0.126 e. The van der Waals surface area contributed by atoms with Crippen LogP contribution < -0.4 is 0 Å². The lowest BCUT2D eigenvalue weighted by molar-refractivity contribution is 0.463. The number of phenols is 2. The second-order valence-corrected chi connectivity index (χ2v) is 13.8. The van der Waals surface area contributed by atoms with E-state index >= 15 is 0 Å². The molecular formula is C48H42O2. The summed E-state index contributed by atoms with van der Waals surface area (Å²) in [5, 5.41) is 33.5. The highest BCUT2D eigenvalue weighted by Crippen LogP contribution is 2.47. The summed E-state index contributed by atoms with van der Waals surface area (Å²) < 4.78 is 0. The van der Waals surface area contributed by atoms with Gasteiger partial charge in [-0.3, -0.25) is 0 Å². The SMILES string of the molecule is CCc1cc(C(CC)c2c3ccccc3cc3ccccc23)cc(-c2cc(C(C)c3c4ccccc4cc4ccccc34)cc(C)c2O)c1O. The minimum absolute atomic E-state index is 0.0328. The third kappa shape index (κ3) is 5.18. The van der Waals surface area contributed by atoms with Gasteiger partial charge >= 0.3 is 0 Å². The van der Waals surface area contributed by atoms with Crippen LogP contribution in [0.15, 0.2) is 133 Å². The molecule has 0 aliphatic heterocycles. The number of aromatic hydroxyl groups is 2. The normalized spacial score (nSPS) is 13.0. The van der Waals surface area contributed by atoms with E-state index in [0.717, 1.165) is 28.7 Å². The fourth-order valence-corrected chi connectivity index (χ4v) is 8.37. The molecule has 2 atom stereocenters. The van der Waals surface area contributed by atoms with Gasteiger partial charge in [-0.05, 0) is 121 Å². The molecule has 2 nitrogen and oxygen atoms in total. The second-order valence-electron chi connectivity index (χ2n) is 13.8. The molecule has 50 heavy (non-hydrogen) atoms. The van der Waals surface area contributed by atoms with Crippen molar-refractivity contribution in [3.63, 3.8) is 0 Å². The van der Waals surface area contributed by atoms with E-state index in [-0.39, 0.29) is 23.3 Å². The van der Waals surface area contributed by atoms with E-state index < -0.39 is 0 Å². The lowest BCUT2D eigenvalue weighted by Gasteiger charge is -2.24. The third-order valence-electron chi connectivity index (χ3n) is 10.9.